The summed E-state index contributed by atoms with van der Waals surface area (Å²) >= 11 is 3.10. The Morgan fingerprint density at radius 3 is 0.571 bits per heavy atom. The van der Waals surface area contributed by atoms with Crippen LogP contribution in [0.25, 0.3) is 0 Å². The fourth-order valence-corrected chi connectivity index (χ4v) is 0. The molecule has 0 amide bonds. The molecule has 0 aromatic carbocycles. The topological polar surface area (TPSA) is 0 Å². The zero-order valence-corrected chi connectivity index (χ0v) is 12.4. The van der Waals surface area contributed by atoms with E-state index < -0.39 is 0 Å². The minimum atomic E-state index is 0. The van der Waals surface area contributed by atoms with Gasteiger partial charge in [0.25, 0.3) is 0 Å². The second-order valence-electron chi connectivity index (χ2n) is 0. The van der Waals surface area contributed by atoms with E-state index in [2.05, 4.69) is 9.88 Å². The van der Waals surface area contributed by atoms with Crippen LogP contribution in [0.1, 0.15) is 0 Å². The largest absolute Gasteiger partial charge is 2.00 e. The van der Waals surface area contributed by atoms with Crippen LogP contribution in [-0.2, 0) is 40.5 Å². The van der Waals surface area contributed by atoms with Gasteiger partial charge in [-0.1, -0.05) is 0 Å². The standard InChI is InChI=1S/2CH3.3S.2Sn/h2*1H3;;;;;/q;;3*-2;2*+3. The number of hydrogen-bond acceptors (Lipinski definition) is 0. The summed E-state index contributed by atoms with van der Waals surface area (Å²) in [5.41, 5.74) is 0. The van der Waals surface area contributed by atoms with Gasteiger partial charge in [0.15, 0.2) is 0 Å². The zero-order chi connectivity index (χ0) is 4.00. The molecule has 0 aliphatic heterocycles. The van der Waals surface area contributed by atoms with Crippen molar-refractivity contribution in [1.29, 1.82) is 0 Å². The summed E-state index contributed by atoms with van der Waals surface area (Å²) < 4.78 is 0. The summed E-state index contributed by atoms with van der Waals surface area (Å²) in [7, 11) is 0. The predicted molar refractivity (Wildman–Crippen MR) is 45.3 cm³/mol. The molecule has 0 aromatic heterocycles. The summed E-state index contributed by atoms with van der Waals surface area (Å²) in [6, 6.07) is 0. The molecule has 0 heterocycles. The Labute approximate surface area is 94.1 Å². The van der Waals surface area contributed by atoms with E-state index in [9.17, 15) is 0 Å². The smallest absolute Gasteiger partial charge is 2.00 e. The van der Waals surface area contributed by atoms with E-state index in [1.54, 1.807) is 45.0 Å². The molecule has 0 unspecified atom stereocenters. The first-order valence-electron chi connectivity index (χ1n) is 1.00. The van der Waals surface area contributed by atoms with Crippen LogP contribution in [0.4, 0.5) is 0 Å². The second-order valence-corrected chi connectivity index (χ2v) is 0. The van der Waals surface area contributed by atoms with Gasteiger partial charge >= 0.3 is 54.9 Å². The van der Waals surface area contributed by atoms with Gasteiger partial charge in [-0.15, -0.1) is 0 Å². The van der Waals surface area contributed by atoms with Crippen molar-refractivity contribution in [1.82, 2.24) is 0 Å². The second kappa shape index (κ2) is 72.2. The number of hydrogen-bond donors (Lipinski definition) is 0. The SMILES string of the molecule is [CH3][Sn+3].[CH3][Sn+3].[S-2].[S-2].[S-2]. The van der Waals surface area contributed by atoms with Crippen LogP contribution in [0.15, 0.2) is 0 Å². The maximum atomic E-state index is 2.09. The van der Waals surface area contributed by atoms with Crippen molar-refractivity contribution >= 4 is 85.5 Å². The molecular weight excluding hydrogens is 358 g/mol. The third-order valence-electron chi connectivity index (χ3n) is 0. The summed E-state index contributed by atoms with van der Waals surface area (Å²) in [5, 5.41) is 0. The van der Waals surface area contributed by atoms with E-state index >= 15 is 0 Å². The van der Waals surface area contributed by atoms with Gasteiger partial charge < -0.3 is 40.5 Å². The molecule has 0 aliphatic rings. The van der Waals surface area contributed by atoms with Crippen molar-refractivity contribution in [3.8, 4) is 0 Å². The minimum absolute atomic E-state index is 0. The monoisotopic (exact) mass is 366 g/mol. The van der Waals surface area contributed by atoms with Crippen molar-refractivity contribution in [2.24, 2.45) is 0 Å². The van der Waals surface area contributed by atoms with Gasteiger partial charge in [0, 0.05) is 0 Å². The van der Waals surface area contributed by atoms with E-state index in [-0.39, 0.29) is 40.5 Å². The molecule has 40 valence electrons. The van der Waals surface area contributed by atoms with Gasteiger partial charge in [-0.25, -0.2) is 0 Å². The van der Waals surface area contributed by atoms with E-state index in [4.69, 9.17) is 0 Å². The van der Waals surface area contributed by atoms with Gasteiger partial charge in [-0.2, -0.15) is 0 Å². The predicted octanol–water partition coefficient (Wildman–Crippen LogP) is 0.399. The van der Waals surface area contributed by atoms with Crippen molar-refractivity contribution in [2.45, 2.75) is 9.88 Å². The van der Waals surface area contributed by atoms with Gasteiger partial charge in [0.2, 0.25) is 0 Å². The van der Waals surface area contributed by atoms with Gasteiger partial charge in [-0.05, 0) is 0 Å². The van der Waals surface area contributed by atoms with E-state index in [0.717, 1.165) is 0 Å². The Kier molecular flexibility index (Phi) is 344. The molecule has 0 bridgehead atoms. The fraction of sp³-hybridized carbons (Fsp3) is 1.00. The quantitative estimate of drug-likeness (QED) is 0.547. The van der Waals surface area contributed by atoms with Crippen LogP contribution in [-0.4, -0.2) is 45.0 Å². The van der Waals surface area contributed by atoms with E-state index in [1.807, 2.05) is 0 Å². The van der Waals surface area contributed by atoms with Crippen molar-refractivity contribution in [3.63, 3.8) is 0 Å². The molecule has 0 aliphatic carbocycles. The molecule has 0 spiro atoms. The molecule has 0 saturated heterocycles. The van der Waals surface area contributed by atoms with Crippen LogP contribution in [0.5, 0.6) is 0 Å². The molecule has 0 N–H and O–H groups in total. The van der Waals surface area contributed by atoms with Crippen LogP contribution in [0.3, 0.4) is 0 Å². The Hall–Kier alpha value is 2.65. The molecular formula is C2H6S3Sn2. The maximum absolute atomic E-state index is 2.09. The molecule has 0 fully saturated rings. The summed E-state index contributed by atoms with van der Waals surface area (Å²) in [5.74, 6) is 0. The minimum Gasteiger partial charge on any atom is -2.00 e. The van der Waals surface area contributed by atoms with Crippen LogP contribution in [0.2, 0.25) is 9.88 Å². The maximum Gasteiger partial charge on any atom is -2.00 e. The van der Waals surface area contributed by atoms with Gasteiger partial charge in [0.05, 0.1) is 0 Å². The van der Waals surface area contributed by atoms with Crippen LogP contribution >= 0.6 is 0 Å². The van der Waals surface area contributed by atoms with Crippen LogP contribution < -0.4 is 0 Å². The van der Waals surface area contributed by atoms with Crippen molar-refractivity contribution < 1.29 is 0 Å². The van der Waals surface area contributed by atoms with E-state index in [0.29, 0.717) is 0 Å². The van der Waals surface area contributed by atoms with Gasteiger partial charge in [0.1, 0.15) is 0 Å². The summed E-state index contributed by atoms with van der Waals surface area (Å²) in [6.45, 7) is 0. The van der Waals surface area contributed by atoms with Gasteiger partial charge in [-0.3, -0.25) is 0 Å². The first-order valence-corrected chi connectivity index (χ1v) is 6.71. The van der Waals surface area contributed by atoms with Crippen LogP contribution in [0, 0.1) is 0 Å². The molecule has 0 saturated carbocycles. The first kappa shape index (κ1) is 33.4. The Morgan fingerprint density at radius 2 is 0.571 bits per heavy atom. The Balaban J connectivity index is -0.00000000267. The Bertz CT molecular complexity index is 10.9. The molecule has 5 heteroatoms. The van der Waals surface area contributed by atoms with Crippen molar-refractivity contribution in [3.05, 3.63) is 0 Å². The van der Waals surface area contributed by atoms with E-state index in [1.165, 1.54) is 0 Å². The summed E-state index contributed by atoms with van der Waals surface area (Å²) in [4.78, 5) is 4.18. The summed E-state index contributed by atoms with van der Waals surface area (Å²) in [6.07, 6.45) is 0. The third kappa shape index (κ3) is 54.5. The molecule has 0 atom stereocenters. The molecule has 0 rings (SSSR count). The Morgan fingerprint density at radius 1 is 0.571 bits per heavy atom. The molecule has 0 aromatic rings. The average Bonchev–Trinajstić information content (AvgIpc) is 1.50. The normalized spacial score (nSPS) is 2.00. The first-order chi connectivity index (χ1) is 2.00. The zero-order valence-electron chi connectivity index (χ0n) is 4.22. The van der Waals surface area contributed by atoms with Crippen molar-refractivity contribution in [2.75, 3.05) is 0 Å². The fourth-order valence-electron chi connectivity index (χ4n) is 0. The molecule has 0 nitrogen and oxygen atoms in total. The third-order valence-corrected chi connectivity index (χ3v) is 0. The molecule has 7 heavy (non-hydrogen) atoms. The average molecular weight is 364 g/mol. The number of rotatable bonds is 0. The molecule has 0 radical (unpaired) electrons.